The number of aryl methyl sites for hydroxylation is 1. The standard InChI is InChI=1S/C11H21N5OS/c1-9-15-10(8-18-9)4-6-14-11(16-12)13-5-3-7-17-2/h8H,3-7,12H2,1-2H3,(H2,13,14,16). The summed E-state index contributed by atoms with van der Waals surface area (Å²) in [5.41, 5.74) is 3.65. The lowest BCUT2D eigenvalue weighted by Crippen LogP contribution is -2.42. The first-order valence-electron chi connectivity index (χ1n) is 5.91. The van der Waals surface area contributed by atoms with Crippen LogP contribution in [0.15, 0.2) is 10.4 Å². The fraction of sp³-hybridized carbons (Fsp3) is 0.636. The molecule has 7 heteroatoms. The molecule has 1 aromatic heterocycles. The van der Waals surface area contributed by atoms with Crippen LogP contribution < -0.4 is 16.6 Å². The number of hydrogen-bond acceptors (Lipinski definition) is 5. The van der Waals surface area contributed by atoms with Gasteiger partial charge in [-0.15, -0.1) is 11.3 Å². The molecular weight excluding hydrogens is 250 g/mol. The topological polar surface area (TPSA) is 84.6 Å². The number of ether oxygens (including phenoxy) is 1. The lowest BCUT2D eigenvalue weighted by Gasteiger charge is -2.08. The van der Waals surface area contributed by atoms with E-state index in [1.54, 1.807) is 18.4 Å². The molecule has 0 atom stereocenters. The van der Waals surface area contributed by atoms with Crippen molar-refractivity contribution in [2.24, 2.45) is 10.8 Å². The third-order valence-electron chi connectivity index (χ3n) is 2.25. The van der Waals surface area contributed by atoms with Crippen molar-refractivity contribution < 1.29 is 4.74 Å². The molecule has 0 bridgehead atoms. The Morgan fingerprint density at radius 2 is 2.44 bits per heavy atom. The predicted molar refractivity (Wildman–Crippen MR) is 74.7 cm³/mol. The van der Waals surface area contributed by atoms with E-state index in [-0.39, 0.29) is 0 Å². The number of thiazole rings is 1. The Kier molecular flexibility index (Phi) is 7.31. The number of hydrazine groups is 1. The van der Waals surface area contributed by atoms with Crippen LogP contribution in [0.1, 0.15) is 17.1 Å². The summed E-state index contributed by atoms with van der Waals surface area (Å²) < 4.78 is 4.95. The Hall–Kier alpha value is -1.18. The number of aromatic nitrogens is 1. The third-order valence-corrected chi connectivity index (χ3v) is 3.08. The first-order chi connectivity index (χ1) is 8.76. The molecule has 6 nitrogen and oxygen atoms in total. The maximum Gasteiger partial charge on any atom is 0.205 e. The van der Waals surface area contributed by atoms with Gasteiger partial charge in [0.15, 0.2) is 0 Å². The summed E-state index contributed by atoms with van der Waals surface area (Å²) in [7, 11) is 1.68. The fourth-order valence-electron chi connectivity index (χ4n) is 1.38. The summed E-state index contributed by atoms with van der Waals surface area (Å²) in [6.07, 6.45) is 1.75. The summed E-state index contributed by atoms with van der Waals surface area (Å²) in [6.45, 7) is 4.16. The number of guanidine groups is 1. The van der Waals surface area contributed by atoms with E-state index in [4.69, 9.17) is 10.6 Å². The summed E-state index contributed by atoms with van der Waals surface area (Å²) >= 11 is 1.67. The summed E-state index contributed by atoms with van der Waals surface area (Å²) in [4.78, 5) is 8.68. The number of nitrogens with one attached hydrogen (secondary N) is 2. The van der Waals surface area contributed by atoms with Crippen molar-refractivity contribution in [2.75, 3.05) is 26.8 Å². The van der Waals surface area contributed by atoms with Gasteiger partial charge in [-0.25, -0.2) is 10.8 Å². The molecule has 0 spiro atoms. The average molecular weight is 271 g/mol. The Morgan fingerprint density at radius 3 is 3.06 bits per heavy atom. The monoisotopic (exact) mass is 271 g/mol. The van der Waals surface area contributed by atoms with Gasteiger partial charge in [-0.05, 0) is 13.3 Å². The molecule has 0 radical (unpaired) electrons. The largest absolute Gasteiger partial charge is 0.385 e. The SMILES string of the molecule is COCCCN=C(NN)NCCc1csc(C)n1. The maximum atomic E-state index is 5.38. The summed E-state index contributed by atoms with van der Waals surface area (Å²) in [6, 6.07) is 0. The van der Waals surface area contributed by atoms with E-state index >= 15 is 0 Å². The van der Waals surface area contributed by atoms with Crippen molar-refractivity contribution in [3.8, 4) is 0 Å². The van der Waals surface area contributed by atoms with Gasteiger partial charge in [0.05, 0.1) is 10.7 Å². The zero-order valence-corrected chi connectivity index (χ0v) is 11.7. The molecule has 0 saturated heterocycles. The van der Waals surface area contributed by atoms with E-state index in [9.17, 15) is 0 Å². The Balaban J connectivity index is 2.22. The first kappa shape index (κ1) is 14.9. The lowest BCUT2D eigenvalue weighted by atomic mass is 10.3. The van der Waals surface area contributed by atoms with E-state index in [0.29, 0.717) is 19.1 Å². The van der Waals surface area contributed by atoms with Crippen LogP contribution in [0.5, 0.6) is 0 Å². The smallest absolute Gasteiger partial charge is 0.205 e. The molecule has 0 fully saturated rings. The average Bonchev–Trinajstić information content (AvgIpc) is 2.78. The molecule has 0 aliphatic carbocycles. The highest BCUT2D eigenvalue weighted by molar-refractivity contribution is 7.09. The molecule has 0 aliphatic rings. The van der Waals surface area contributed by atoms with Gasteiger partial charge in [0, 0.05) is 38.6 Å². The summed E-state index contributed by atoms with van der Waals surface area (Å²) in [5, 5.41) is 6.31. The molecule has 4 N–H and O–H groups in total. The molecule has 1 heterocycles. The third kappa shape index (κ3) is 5.95. The molecular formula is C11H21N5OS. The highest BCUT2D eigenvalue weighted by Crippen LogP contribution is 2.07. The van der Waals surface area contributed by atoms with Crippen molar-refractivity contribution in [1.29, 1.82) is 0 Å². The van der Waals surface area contributed by atoms with Gasteiger partial charge in [0.1, 0.15) is 0 Å². The highest BCUT2D eigenvalue weighted by atomic mass is 32.1. The molecule has 0 saturated carbocycles. The van der Waals surface area contributed by atoms with Crippen LogP contribution in [0.3, 0.4) is 0 Å². The number of aliphatic imine (C=N–C) groups is 1. The molecule has 18 heavy (non-hydrogen) atoms. The number of nitrogens with two attached hydrogens (primary N) is 1. The maximum absolute atomic E-state index is 5.38. The molecule has 0 aromatic carbocycles. The normalized spacial score (nSPS) is 11.6. The predicted octanol–water partition coefficient (Wildman–Crippen LogP) is 0.439. The number of methoxy groups -OCH3 is 1. The van der Waals surface area contributed by atoms with E-state index in [2.05, 4.69) is 26.1 Å². The molecule has 0 aliphatic heterocycles. The van der Waals surface area contributed by atoms with E-state index < -0.39 is 0 Å². The minimum absolute atomic E-state index is 0.609. The van der Waals surface area contributed by atoms with Gasteiger partial charge < -0.3 is 10.1 Å². The van der Waals surface area contributed by atoms with Crippen LogP contribution >= 0.6 is 11.3 Å². The minimum Gasteiger partial charge on any atom is -0.385 e. The molecule has 1 aromatic rings. The van der Waals surface area contributed by atoms with Crippen LogP contribution in [-0.2, 0) is 11.2 Å². The van der Waals surface area contributed by atoms with Crippen molar-refractivity contribution >= 4 is 17.3 Å². The van der Waals surface area contributed by atoms with Crippen LogP contribution in [0.4, 0.5) is 0 Å². The van der Waals surface area contributed by atoms with Crippen LogP contribution in [0.2, 0.25) is 0 Å². The molecule has 102 valence electrons. The number of rotatable bonds is 7. The molecule has 0 amide bonds. The Bertz CT molecular complexity index is 366. The second-order valence-electron chi connectivity index (χ2n) is 3.76. The molecule has 1 rings (SSSR count). The first-order valence-corrected chi connectivity index (χ1v) is 6.79. The Morgan fingerprint density at radius 1 is 1.61 bits per heavy atom. The zero-order valence-electron chi connectivity index (χ0n) is 10.9. The number of hydrogen-bond donors (Lipinski definition) is 3. The van der Waals surface area contributed by atoms with Gasteiger partial charge in [-0.1, -0.05) is 0 Å². The van der Waals surface area contributed by atoms with E-state index in [1.165, 1.54) is 0 Å². The fourth-order valence-corrected chi connectivity index (χ4v) is 2.03. The van der Waals surface area contributed by atoms with E-state index in [1.807, 2.05) is 6.92 Å². The van der Waals surface area contributed by atoms with Crippen molar-refractivity contribution in [2.45, 2.75) is 19.8 Å². The minimum atomic E-state index is 0.609. The second kappa shape index (κ2) is 8.84. The zero-order chi connectivity index (χ0) is 13.2. The second-order valence-corrected chi connectivity index (χ2v) is 4.82. The Labute approximate surface area is 112 Å². The number of nitrogens with zero attached hydrogens (tertiary/aromatic N) is 2. The van der Waals surface area contributed by atoms with Gasteiger partial charge in [-0.3, -0.25) is 10.4 Å². The quantitative estimate of drug-likeness (QED) is 0.220. The van der Waals surface area contributed by atoms with Crippen LogP contribution in [0.25, 0.3) is 0 Å². The van der Waals surface area contributed by atoms with Gasteiger partial charge >= 0.3 is 0 Å². The van der Waals surface area contributed by atoms with Crippen molar-refractivity contribution in [3.05, 3.63) is 16.1 Å². The molecule has 0 unspecified atom stereocenters. The lowest BCUT2D eigenvalue weighted by molar-refractivity contribution is 0.197. The van der Waals surface area contributed by atoms with Crippen molar-refractivity contribution in [3.63, 3.8) is 0 Å². The summed E-state index contributed by atoms with van der Waals surface area (Å²) in [5.74, 6) is 5.99. The van der Waals surface area contributed by atoms with Crippen LogP contribution in [-0.4, -0.2) is 37.7 Å². The van der Waals surface area contributed by atoms with E-state index in [0.717, 1.165) is 30.1 Å². The van der Waals surface area contributed by atoms with Gasteiger partial charge in [0.25, 0.3) is 0 Å². The highest BCUT2D eigenvalue weighted by Gasteiger charge is 1.99. The van der Waals surface area contributed by atoms with Crippen LogP contribution in [0, 0.1) is 6.92 Å². The van der Waals surface area contributed by atoms with Crippen molar-refractivity contribution in [1.82, 2.24) is 15.7 Å². The van der Waals surface area contributed by atoms with Gasteiger partial charge in [0.2, 0.25) is 5.96 Å². The van der Waals surface area contributed by atoms with Gasteiger partial charge in [-0.2, -0.15) is 0 Å².